The highest BCUT2D eigenvalue weighted by molar-refractivity contribution is 5.89. The van der Waals surface area contributed by atoms with Crippen molar-refractivity contribution in [3.8, 4) is 24.7 Å². The first kappa shape index (κ1) is 55.3. The smallest absolute Gasteiger partial charge is 0.408 e. The molecule has 0 aliphatic carbocycles. The number of unbranched alkanes of at least 4 members (excludes halogenated alkanes) is 2. The van der Waals surface area contributed by atoms with Gasteiger partial charge in [0.05, 0.1) is 33.0 Å². The van der Waals surface area contributed by atoms with Crippen molar-refractivity contribution in [3.05, 3.63) is 0 Å². The van der Waals surface area contributed by atoms with E-state index in [1.54, 1.807) is 96.9 Å². The summed E-state index contributed by atoms with van der Waals surface area (Å²) in [6, 6.07) is -2.29. The molecule has 0 spiro atoms. The van der Waals surface area contributed by atoms with Crippen LogP contribution < -0.4 is 21.3 Å². The number of hydrogen-bond donors (Lipinski definition) is 4. The van der Waals surface area contributed by atoms with Gasteiger partial charge in [0.1, 0.15) is 23.3 Å². The first-order valence-corrected chi connectivity index (χ1v) is 20.5. The molecule has 16 nitrogen and oxygen atoms in total. The molecule has 0 saturated carbocycles. The van der Waals surface area contributed by atoms with Crippen LogP contribution in [0.3, 0.4) is 0 Å². The van der Waals surface area contributed by atoms with Crippen molar-refractivity contribution in [2.24, 2.45) is 10.8 Å². The number of nitrogens with one attached hydrogen (secondary N) is 4. The number of esters is 2. The van der Waals surface area contributed by atoms with Gasteiger partial charge in [-0.3, -0.25) is 4.79 Å². The van der Waals surface area contributed by atoms with Gasteiger partial charge in [0.15, 0.2) is 0 Å². The Morgan fingerprint density at radius 2 is 0.967 bits per heavy atom. The average molecular weight is 851 g/mol. The van der Waals surface area contributed by atoms with Crippen molar-refractivity contribution in [1.29, 1.82) is 0 Å². The largest absolute Gasteiger partial charge is 0.464 e. The third kappa shape index (κ3) is 21.5. The summed E-state index contributed by atoms with van der Waals surface area (Å²) in [5, 5.41) is 11.1. The van der Waals surface area contributed by atoms with Crippen LogP contribution in [-0.4, -0.2) is 104 Å². The topological polar surface area (TPSA) is 206 Å². The van der Waals surface area contributed by atoms with Crippen LogP contribution in [0, 0.1) is 35.5 Å². The van der Waals surface area contributed by atoms with Crippen LogP contribution in [0.1, 0.15) is 142 Å². The molecule has 0 aliphatic rings. The zero-order valence-corrected chi connectivity index (χ0v) is 38.7. The van der Waals surface area contributed by atoms with Crippen molar-refractivity contribution >= 4 is 36.1 Å². The molecule has 0 radical (unpaired) electrons. The fraction of sp³-hybridized carbons (Fsp3) is 0.773. The second-order valence-corrected chi connectivity index (χ2v) is 18.5. The van der Waals surface area contributed by atoms with E-state index in [4.69, 9.17) is 41.3 Å². The van der Waals surface area contributed by atoms with E-state index in [1.807, 2.05) is 0 Å². The highest BCUT2D eigenvalue weighted by Crippen LogP contribution is 2.34. The van der Waals surface area contributed by atoms with E-state index in [9.17, 15) is 28.8 Å². The van der Waals surface area contributed by atoms with E-state index < -0.39 is 81.3 Å². The van der Waals surface area contributed by atoms with Gasteiger partial charge in [-0.2, -0.15) is 0 Å². The SMILES string of the molecule is C#CCCCOC(=O)NC(C)(C)CC(C)(C)C(NC(=O)OC(C)(C)CCOC(C)(C)C(=O)NC(C(=O)OCC)C(C)(C)CC(C)(C)NC(=O)OCCCC#C)C(=O)OCC. The van der Waals surface area contributed by atoms with Gasteiger partial charge in [-0.05, 0) is 106 Å². The number of terminal acetylenes is 2. The standard InChI is InChI=1S/C44H74N4O12/c1-17-21-23-26-57-37(53)47-41(9,10)29-39(5,6)31(33(49)55-19-3)45-35(51)44(15,16)59-28-25-43(13,14)60-36(52)46-32(34(50)56-20-4)40(7,8)30-42(11,12)48-38(54)58-27-24-22-18-2/h1-2,31-32H,19-30H2,3-16H3,(H,45,51)(H,46,52)(H,47,53)(H,48,54). The summed E-state index contributed by atoms with van der Waals surface area (Å²) >= 11 is 0. The lowest BCUT2D eigenvalue weighted by molar-refractivity contribution is -0.156. The van der Waals surface area contributed by atoms with E-state index in [2.05, 4.69) is 33.1 Å². The predicted molar refractivity (Wildman–Crippen MR) is 227 cm³/mol. The number of alkyl carbamates (subject to hydrolysis) is 3. The number of carbonyl (C=O) groups is 6. The molecule has 0 aliphatic heterocycles. The molecule has 0 aromatic heterocycles. The second-order valence-electron chi connectivity index (χ2n) is 18.5. The van der Waals surface area contributed by atoms with Crippen LogP contribution in [0.15, 0.2) is 0 Å². The summed E-state index contributed by atoms with van der Waals surface area (Å²) in [6.07, 6.45) is 10.9. The minimum atomic E-state index is -1.46. The Bertz CT molecular complexity index is 1520. The molecule has 0 fully saturated rings. The van der Waals surface area contributed by atoms with E-state index in [-0.39, 0.29) is 52.3 Å². The maximum atomic E-state index is 13.7. The minimum Gasteiger partial charge on any atom is -0.464 e. The Hall–Kier alpha value is -4.70. The summed E-state index contributed by atoms with van der Waals surface area (Å²) in [5.41, 5.74) is -6.20. The summed E-state index contributed by atoms with van der Waals surface area (Å²) in [5.74, 6) is 3.04. The fourth-order valence-corrected chi connectivity index (χ4v) is 6.84. The number of rotatable bonds is 26. The van der Waals surface area contributed by atoms with Gasteiger partial charge >= 0.3 is 30.2 Å². The predicted octanol–water partition coefficient (Wildman–Crippen LogP) is 6.33. The molecule has 4 N–H and O–H groups in total. The third-order valence-electron chi connectivity index (χ3n) is 9.30. The quantitative estimate of drug-likeness (QED) is 0.0327. The van der Waals surface area contributed by atoms with Crippen molar-refractivity contribution in [3.63, 3.8) is 0 Å². The molecule has 342 valence electrons. The summed E-state index contributed by atoms with van der Waals surface area (Å²) < 4.78 is 32.9. The molecule has 0 aromatic carbocycles. The Morgan fingerprint density at radius 3 is 1.35 bits per heavy atom. The third-order valence-corrected chi connectivity index (χ3v) is 9.30. The first-order valence-electron chi connectivity index (χ1n) is 20.5. The zero-order valence-electron chi connectivity index (χ0n) is 38.7. The van der Waals surface area contributed by atoms with Gasteiger partial charge in [-0.25, -0.2) is 24.0 Å². The Balaban J connectivity index is 5.73. The van der Waals surface area contributed by atoms with Crippen molar-refractivity contribution < 1.29 is 57.2 Å². The molecule has 16 heteroatoms. The molecule has 0 aromatic rings. The van der Waals surface area contributed by atoms with E-state index in [1.165, 1.54) is 0 Å². The Morgan fingerprint density at radius 1 is 0.567 bits per heavy atom. The molecule has 4 amide bonds. The molecule has 2 unspecified atom stereocenters. The molecule has 0 bridgehead atoms. The molecular weight excluding hydrogens is 776 g/mol. The molecule has 0 heterocycles. The summed E-state index contributed by atoms with van der Waals surface area (Å²) in [7, 11) is 0. The summed E-state index contributed by atoms with van der Waals surface area (Å²) in [4.78, 5) is 78.4. The van der Waals surface area contributed by atoms with Gasteiger partial charge in [-0.15, -0.1) is 24.7 Å². The van der Waals surface area contributed by atoms with Crippen LogP contribution in [0.25, 0.3) is 0 Å². The number of carbonyl (C=O) groups excluding carboxylic acids is 6. The van der Waals surface area contributed by atoms with E-state index >= 15 is 0 Å². The maximum absolute atomic E-state index is 13.7. The van der Waals surface area contributed by atoms with Crippen LogP contribution in [-0.2, 0) is 42.8 Å². The lowest BCUT2D eigenvalue weighted by Gasteiger charge is -2.40. The molecule has 0 rings (SSSR count). The van der Waals surface area contributed by atoms with Crippen molar-refractivity contribution in [2.75, 3.05) is 33.0 Å². The van der Waals surface area contributed by atoms with E-state index in [0.717, 1.165) is 0 Å². The lowest BCUT2D eigenvalue weighted by Crippen LogP contribution is -2.59. The van der Waals surface area contributed by atoms with Crippen LogP contribution >= 0.6 is 0 Å². The number of ether oxygens (including phenoxy) is 6. The second kappa shape index (κ2) is 24.5. The van der Waals surface area contributed by atoms with Gasteiger partial charge in [0, 0.05) is 30.3 Å². The number of hydrogen-bond acceptors (Lipinski definition) is 12. The summed E-state index contributed by atoms with van der Waals surface area (Å²) in [6.45, 7) is 24.3. The molecular formula is C44H74N4O12. The highest BCUT2D eigenvalue weighted by atomic mass is 16.6. The lowest BCUT2D eigenvalue weighted by atomic mass is 9.74. The van der Waals surface area contributed by atoms with Gasteiger partial charge in [0.25, 0.3) is 5.91 Å². The van der Waals surface area contributed by atoms with Crippen molar-refractivity contribution in [2.45, 2.75) is 176 Å². The zero-order chi connectivity index (χ0) is 46.6. The van der Waals surface area contributed by atoms with Gasteiger partial charge in [0.2, 0.25) is 0 Å². The van der Waals surface area contributed by atoms with Crippen LogP contribution in [0.5, 0.6) is 0 Å². The van der Waals surface area contributed by atoms with Crippen LogP contribution in [0.2, 0.25) is 0 Å². The number of amides is 4. The Labute approximate surface area is 358 Å². The maximum Gasteiger partial charge on any atom is 0.408 e. The van der Waals surface area contributed by atoms with Crippen LogP contribution in [0.4, 0.5) is 14.4 Å². The average Bonchev–Trinajstić information content (AvgIpc) is 3.07. The van der Waals surface area contributed by atoms with Gasteiger partial charge in [-0.1, -0.05) is 27.7 Å². The minimum absolute atomic E-state index is 0.0416. The molecule has 0 saturated heterocycles. The first-order chi connectivity index (χ1) is 27.5. The Kier molecular flexibility index (Phi) is 22.6. The normalized spacial score (nSPS) is 13.3. The fourth-order valence-electron chi connectivity index (χ4n) is 6.84. The molecule has 2 atom stereocenters. The van der Waals surface area contributed by atoms with Crippen molar-refractivity contribution in [1.82, 2.24) is 21.3 Å². The highest BCUT2D eigenvalue weighted by Gasteiger charge is 2.45. The van der Waals surface area contributed by atoms with E-state index in [0.29, 0.717) is 25.7 Å². The monoisotopic (exact) mass is 851 g/mol. The van der Waals surface area contributed by atoms with Gasteiger partial charge < -0.3 is 49.7 Å². The molecule has 60 heavy (non-hydrogen) atoms.